The van der Waals surface area contributed by atoms with Crippen molar-refractivity contribution in [1.82, 2.24) is 15.3 Å². The van der Waals surface area contributed by atoms with Gasteiger partial charge in [-0.15, -0.1) is 0 Å². The van der Waals surface area contributed by atoms with Gasteiger partial charge in [-0.25, -0.2) is 4.98 Å². The molecule has 0 atom stereocenters. The summed E-state index contributed by atoms with van der Waals surface area (Å²) in [6.45, 7) is 2.13. The van der Waals surface area contributed by atoms with E-state index in [-0.39, 0.29) is 0 Å². The lowest BCUT2D eigenvalue weighted by molar-refractivity contribution is 0.325. The zero-order valence-electron chi connectivity index (χ0n) is 18.4. The van der Waals surface area contributed by atoms with Gasteiger partial charge >= 0.3 is 0 Å². The predicted octanol–water partition coefficient (Wildman–Crippen LogP) is 5.26. The third-order valence-electron chi connectivity index (χ3n) is 6.15. The van der Waals surface area contributed by atoms with E-state index in [0.717, 1.165) is 48.1 Å². The van der Waals surface area contributed by atoms with E-state index >= 15 is 0 Å². The van der Waals surface area contributed by atoms with Crippen LogP contribution in [0.5, 0.6) is 0 Å². The molecular weight excluding hydrogens is 450 g/mol. The number of anilines is 2. The van der Waals surface area contributed by atoms with Gasteiger partial charge in [0.15, 0.2) is 0 Å². The number of aromatic nitrogens is 2. The van der Waals surface area contributed by atoms with Crippen molar-refractivity contribution in [3.63, 3.8) is 0 Å². The highest BCUT2D eigenvalue weighted by Crippen LogP contribution is 2.28. The Labute approximate surface area is 193 Å². The van der Waals surface area contributed by atoms with E-state index in [0.29, 0.717) is 6.04 Å². The molecule has 2 N–H and O–H groups in total. The number of nitrogens with zero attached hydrogens (tertiary/aromatic N) is 3. The van der Waals surface area contributed by atoms with Gasteiger partial charge in [-0.2, -0.15) is 4.98 Å². The van der Waals surface area contributed by atoms with E-state index in [1.165, 1.54) is 35.7 Å². The summed E-state index contributed by atoms with van der Waals surface area (Å²) in [7, 11) is 4.07. The number of nitrogens with one attached hydrogen (secondary N) is 2. The lowest BCUT2D eigenvalue weighted by Crippen LogP contribution is -2.32. The molecule has 1 fully saturated rings. The average Bonchev–Trinajstić information content (AvgIpc) is 2.78. The largest absolute Gasteiger partial charge is 0.362 e. The van der Waals surface area contributed by atoms with Crippen LogP contribution in [0.3, 0.4) is 0 Å². The molecule has 31 heavy (non-hydrogen) atoms. The average molecular weight is 482 g/mol. The van der Waals surface area contributed by atoms with E-state index < -0.39 is 0 Å². The Morgan fingerprint density at radius 1 is 0.968 bits per heavy atom. The van der Waals surface area contributed by atoms with E-state index in [1.54, 1.807) is 0 Å². The molecule has 0 aliphatic heterocycles. The third kappa shape index (κ3) is 5.74. The second-order valence-electron chi connectivity index (χ2n) is 8.69. The van der Waals surface area contributed by atoms with Crippen molar-refractivity contribution in [3.8, 4) is 0 Å². The minimum atomic E-state index is 0.452. The first kappa shape index (κ1) is 22.0. The highest BCUT2D eigenvalue weighted by molar-refractivity contribution is 9.10. The molecule has 2 aromatic carbocycles. The van der Waals surface area contributed by atoms with Gasteiger partial charge in [-0.1, -0.05) is 46.3 Å². The highest BCUT2D eigenvalue weighted by Gasteiger charge is 2.22. The molecule has 6 heteroatoms. The Bertz CT molecular complexity index is 998. The Balaban J connectivity index is 1.25. The Morgan fingerprint density at radius 2 is 1.71 bits per heavy atom. The first-order chi connectivity index (χ1) is 15.1. The van der Waals surface area contributed by atoms with Gasteiger partial charge in [0.25, 0.3) is 0 Å². The number of halogens is 1. The fourth-order valence-corrected chi connectivity index (χ4v) is 4.87. The molecular formula is C25H32BrN5. The maximum atomic E-state index is 4.80. The molecule has 0 spiro atoms. The number of fused-ring (bicyclic) bond motifs is 1. The molecule has 3 aromatic rings. The molecule has 5 nitrogen and oxygen atoms in total. The van der Waals surface area contributed by atoms with E-state index in [1.807, 2.05) is 26.2 Å². The molecule has 164 valence electrons. The summed E-state index contributed by atoms with van der Waals surface area (Å²) in [5.74, 6) is 2.47. The zero-order valence-corrected chi connectivity index (χ0v) is 20.0. The topological polar surface area (TPSA) is 53.1 Å². The fourth-order valence-electron chi connectivity index (χ4n) is 4.39. The van der Waals surface area contributed by atoms with Crippen LogP contribution in [0.1, 0.15) is 31.2 Å². The van der Waals surface area contributed by atoms with Crippen molar-refractivity contribution in [2.24, 2.45) is 5.92 Å². The lowest BCUT2D eigenvalue weighted by atomic mass is 9.86. The molecule has 1 aliphatic carbocycles. The van der Waals surface area contributed by atoms with Gasteiger partial charge in [0.1, 0.15) is 5.82 Å². The number of rotatable bonds is 8. The summed E-state index contributed by atoms with van der Waals surface area (Å²) in [4.78, 5) is 11.6. The summed E-state index contributed by atoms with van der Waals surface area (Å²) in [6, 6.07) is 17.2. The molecule has 0 unspecified atom stereocenters. The van der Waals surface area contributed by atoms with Crippen molar-refractivity contribution < 1.29 is 0 Å². The molecule has 4 rings (SSSR count). The second-order valence-corrected chi connectivity index (χ2v) is 9.54. The summed E-state index contributed by atoms with van der Waals surface area (Å²) < 4.78 is 1.21. The molecule has 0 bridgehead atoms. The van der Waals surface area contributed by atoms with Crippen LogP contribution in [0, 0.1) is 5.92 Å². The van der Waals surface area contributed by atoms with E-state index in [2.05, 4.69) is 67.9 Å². The summed E-state index contributed by atoms with van der Waals surface area (Å²) in [6.07, 6.45) is 5.89. The van der Waals surface area contributed by atoms with Crippen molar-refractivity contribution in [2.45, 2.75) is 38.1 Å². The van der Waals surface area contributed by atoms with E-state index in [4.69, 9.17) is 9.97 Å². The van der Waals surface area contributed by atoms with Gasteiger partial charge in [0.2, 0.25) is 5.95 Å². The maximum Gasteiger partial charge on any atom is 0.225 e. The summed E-state index contributed by atoms with van der Waals surface area (Å²) in [5.41, 5.74) is 2.36. The van der Waals surface area contributed by atoms with Crippen LogP contribution in [-0.2, 0) is 6.42 Å². The van der Waals surface area contributed by atoms with Gasteiger partial charge in [0, 0.05) is 30.0 Å². The Kier molecular flexibility index (Phi) is 7.41. The first-order valence-corrected chi connectivity index (χ1v) is 12.0. The van der Waals surface area contributed by atoms with Crippen LogP contribution in [0.25, 0.3) is 10.9 Å². The van der Waals surface area contributed by atoms with Gasteiger partial charge in [-0.3, -0.25) is 0 Å². The van der Waals surface area contributed by atoms with Crippen molar-refractivity contribution in [2.75, 3.05) is 37.4 Å². The SMILES string of the molecule is CN(C)c1nc(NC2CCC(CNCCc3ccccc3Br)CC2)nc2ccccc12. The quantitative estimate of drug-likeness (QED) is 0.429. The van der Waals surface area contributed by atoms with Crippen LogP contribution in [0.4, 0.5) is 11.8 Å². The molecule has 1 aromatic heterocycles. The number of para-hydroxylation sites is 1. The Hall–Kier alpha value is -2.18. The monoisotopic (exact) mass is 481 g/mol. The van der Waals surface area contributed by atoms with Crippen LogP contribution >= 0.6 is 15.9 Å². The van der Waals surface area contributed by atoms with Crippen molar-refractivity contribution in [1.29, 1.82) is 0 Å². The van der Waals surface area contributed by atoms with Crippen LogP contribution < -0.4 is 15.5 Å². The van der Waals surface area contributed by atoms with Crippen LogP contribution in [0.2, 0.25) is 0 Å². The highest BCUT2D eigenvalue weighted by atomic mass is 79.9. The van der Waals surface area contributed by atoms with Gasteiger partial charge in [-0.05, 0) is 74.9 Å². The minimum Gasteiger partial charge on any atom is -0.362 e. The predicted molar refractivity (Wildman–Crippen MR) is 134 cm³/mol. The minimum absolute atomic E-state index is 0.452. The number of benzene rings is 2. The Morgan fingerprint density at radius 3 is 2.48 bits per heavy atom. The molecule has 0 saturated heterocycles. The molecule has 1 aliphatic rings. The van der Waals surface area contributed by atoms with Crippen molar-refractivity contribution in [3.05, 3.63) is 58.6 Å². The first-order valence-electron chi connectivity index (χ1n) is 11.2. The lowest BCUT2D eigenvalue weighted by Gasteiger charge is -2.29. The fraction of sp³-hybridized carbons (Fsp3) is 0.440. The third-order valence-corrected chi connectivity index (χ3v) is 6.92. The van der Waals surface area contributed by atoms with Gasteiger partial charge in [0.05, 0.1) is 5.52 Å². The van der Waals surface area contributed by atoms with Crippen LogP contribution in [0.15, 0.2) is 53.0 Å². The van der Waals surface area contributed by atoms with Crippen molar-refractivity contribution >= 4 is 38.6 Å². The molecule has 0 amide bonds. The maximum absolute atomic E-state index is 4.80. The smallest absolute Gasteiger partial charge is 0.225 e. The summed E-state index contributed by atoms with van der Waals surface area (Å²) in [5, 5.41) is 8.37. The standard InChI is InChI=1S/C25H32BrN5/c1-31(2)24-21-8-4-6-10-23(21)29-25(30-24)28-20-13-11-18(12-14-20)17-27-16-15-19-7-3-5-9-22(19)26/h3-10,18,20,27H,11-17H2,1-2H3,(H,28,29,30). The van der Waals surface area contributed by atoms with Gasteiger partial charge < -0.3 is 15.5 Å². The molecule has 1 saturated carbocycles. The van der Waals surface area contributed by atoms with E-state index in [9.17, 15) is 0 Å². The van der Waals surface area contributed by atoms with Crippen LogP contribution in [-0.4, -0.2) is 43.2 Å². The number of hydrogen-bond donors (Lipinski definition) is 2. The summed E-state index contributed by atoms with van der Waals surface area (Å²) >= 11 is 3.64. The second kappa shape index (κ2) is 10.4. The molecule has 1 heterocycles. The zero-order chi connectivity index (χ0) is 21.6. The normalized spacial score (nSPS) is 18.8. The molecule has 0 radical (unpaired) electrons. The number of hydrogen-bond acceptors (Lipinski definition) is 5.